The molecule has 0 aliphatic heterocycles. The molecule has 0 saturated heterocycles. The number of nitrogen functional groups attached to an aromatic ring is 1. The molecule has 110 valence electrons. The van der Waals surface area contributed by atoms with Gasteiger partial charge in [-0.25, -0.2) is 14.1 Å². The largest absolute Gasteiger partial charge is 0.491 e. The maximum Gasteiger partial charge on any atom is 0.207 e. The van der Waals surface area contributed by atoms with Crippen molar-refractivity contribution >= 4 is 17.1 Å². The summed E-state index contributed by atoms with van der Waals surface area (Å²) in [5, 5.41) is 4.31. The minimum atomic E-state index is -0.436. The fourth-order valence-electron chi connectivity index (χ4n) is 2.45. The van der Waals surface area contributed by atoms with Crippen molar-refractivity contribution in [2.75, 3.05) is 12.3 Å². The Morgan fingerprint density at radius 1 is 1.38 bits per heavy atom. The van der Waals surface area contributed by atoms with Gasteiger partial charge in [0, 0.05) is 13.1 Å². The molecule has 0 amide bonds. The predicted octanol–water partition coefficient (Wildman–Crippen LogP) is 2.19. The van der Waals surface area contributed by atoms with Crippen LogP contribution < -0.4 is 10.5 Å². The zero-order valence-electron chi connectivity index (χ0n) is 12.1. The van der Waals surface area contributed by atoms with E-state index in [1.807, 2.05) is 13.8 Å². The van der Waals surface area contributed by atoms with E-state index in [4.69, 9.17) is 10.5 Å². The van der Waals surface area contributed by atoms with E-state index >= 15 is 0 Å². The number of aromatic nitrogens is 4. The SMILES string of the molecule is CCOc1ccc(-n2c(N)nc3c(C)nn(C)c32)cc1F. The first kappa shape index (κ1) is 13.4. The van der Waals surface area contributed by atoms with Crippen LogP contribution in [-0.2, 0) is 7.05 Å². The van der Waals surface area contributed by atoms with Crippen molar-refractivity contribution in [2.24, 2.45) is 7.05 Å². The van der Waals surface area contributed by atoms with Crippen LogP contribution in [0, 0.1) is 12.7 Å². The second-order valence-electron chi connectivity index (χ2n) is 4.73. The van der Waals surface area contributed by atoms with E-state index < -0.39 is 5.82 Å². The van der Waals surface area contributed by atoms with Crippen molar-refractivity contribution in [1.29, 1.82) is 0 Å². The van der Waals surface area contributed by atoms with Crippen LogP contribution in [-0.4, -0.2) is 25.9 Å². The molecule has 3 rings (SSSR count). The lowest BCUT2D eigenvalue weighted by atomic mass is 10.3. The zero-order valence-corrected chi connectivity index (χ0v) is 12.1. The van der Waals surface area contributed by atoms with Crippen LogP contribution in [0.4, 0.5) is 10.3 Å². The highest BCUT2D eigenvalue weighted by Gasteiger charge is 2.18. The Morgan fingerprint density at radius 2 is 2.14 bits per heavy atom. The normalized spacial score (nSPS) is 11.2. The number of aryl methyl sites for hydroxylation is 2. The van der Waals surface area contributed by atoms with Gasteiger partial charge in [0.25, 0.3) is 0 Å². The van der Waals surface area contributed by atoms with Crippen LogP contribution in [0.3, 0.4) is 0 Å². The van der Waals surface area contributed by atoms with Crippen molar-refractivity contribution in [3.8, 4) is 11.4 Å². The van der Waals surface area contributed by atoms with Crippen LogP contribution in [0.25, 0.3) is 16.9 Å². The van der Waals surface area contributed by atoms with Crippen molar-refractivity contribution < 1.29 is 9.13 Å². The summed E-state index contributed by atoms with van der Waals surface area (Å²) in [6, 6.07) is 4.71. The number of imidazole rings is 1. The molecule has 0 aliphatic rings. The maximum absolute atomic E-state index is 14.0. The van der Waals surface area contributed by atoms with Crippen LogP contribution >= 0.6 is 0 Å². The topological polar surface area (TPSA) is 70.9 Å². The Balaban J connectivity index is 2.20. The number of ether oxygens (including phenoxy) is 1. The summed E-state index contributed by atoms with van der Waals surface area (Å²) >= 11 is 0. The summed E-state index contributed by atoms with van der Waals surface area (Å²) < 4.78 is 22.6. The van der Waals surface area contributed by atoms with Gasteiger partial charge in [-0.2, -0.15) is 5.10 Å². The number of hydrogen-bond acceptors (Lipinski definition) is 4. The number of fused-ring (bicyclic) bond motifs is 1. The molecule has 6 nitrogen and oxygen atoms in total. The van der Waals surface area contributed by atoms with E-state index in [1.54, 1.807) is 28.4 Å². The van der Waals surface area contributed by atoms with Crippen LogP contribution in [0.15, 0.2) is 18.2 Å². The lowest BCUT2D eigenvalue weighted by Gasteiger charge is -2.09. The molecule has 21 heavy (non-hydrogen) atoms. The Kier molecular flexibility index (Phi) is 3.04. The van der Waals surface area contributed by atoms with Gasteiger partial charge in [-0.3, -0.25) is 4.57 Å². The summed E-state index contributed by atoms with van der Waals surface area (Å²) in [6.07, 6.45) is 0. The van der Waals surface area contributed by atoms with Crippen LogP contribution in [0.5, 0.6) is 5.75 Å². The van der Waals surface area contributed by atoms with Crippen molar-refractivity contribution in [1.82, 2.24) is 19.3 Å². The van der Waals surface area contributed by atoms with Crippen molar-refractivity contribution in [2.45, 2.75) is 13.8 Å². The third-order valence-electron chi connectivity index (χ3n) is 3.30. The molecule has 0 aliphatic carbocycles. The van der Waals surface area contributed by atoms with Gasteiger partial charge in [-0.1, -0.05) is 0 Å². The molecule has 0 spiro atoms. The first-order valence-corrected chi connectivity index (χ1v) is 6.63. The summed E-state index contributed by atoms with van der Waals surface area (Å²) in [7, 11) is 1.80. The molecule has 2 heterocycles. The summed E-state index contributed by atoms with van der Waals surface area (Å²) in [4.78, 5) is 4.30. The fourth-order valence-corrected chi connectivity index (χ4v) is 2.45. The van der Waals surface area contributed by atoms with E-state index in [-0.39, 0.29) is 5.75 Å². The lowest BCUT2D eigenvalue weighted by molar-refractivity contribution is 0.321. The molecule has 7 heteroatoms. The third kappa shape index (κ3) is 2.01. The summed E-state index contributed by atoms with van der Waals surface area (Å²) in [5.74, 6) is 0.0801. The van der Waals surface area contributed by atoms with Crippen molar-refractivity contribution in [3.05, 3.63) is 29.7 Å². The quantitative estimate of drug-likeness (QED) is 0.802. The molecule has 0 saturated carbocycles. The predicted molar refractivity (Wildman–Crippen MR) is 78.1 cm³/mol. The highest BCUT2D eigenvalue weighted by atomic mass is 19.1. The molecule has 1 aromatic carbocycles. The van der Waals surface area contributed by atoms with Gasteiger partial charge >= 0.3 is 0 Å². The Morgan fingerprint density at radius 3 is 2.81 bits per heavy atom. The van der Waals surface area contributed by atoms with E-state index in [1.165, 1.54) is 6.07 Å². The van der Waals surface area contributed by atoms with Gasteiger partial charge in [0.1, 0.15) is 5.52 Å². The second kappa shape index (κ2) is 4.76. The Labute approximate surface area is 120 Å². The Hall–Kier alpha value is -2.57. The smallest absolute Gasteiger partial charge is 0.207 e. The number of nitrogens with zero attached hydrogens (tertiary/aromatic N) is 4. The number of anilines is 1. The van der Waals surface area contributed by atoms with E-state index in [0.29, 0.717) is 23.8 Å². The maximum atomic E-state index is 14.0. The summed E-state index contributed by atoms with van der Waals surface area (Å²) in [6.45, 7) is 4.08. The van der Waals surface area contributed by atoms with E-state index in [2.05, 4.69) is 10.1 Å². The van der Waals surface area contributed by atoms with E-state index in [9.17, 15) is 4.39 Å². The third-order valence-corrected chi connectivity index (χ3v) is 3.30. The number of hydrogen-bond donors (Lipinski definition) is 1. The number of nitrogens with two attached hydrogens (primary N) is 1. The number of benzene rings is 1. The highest BCUT2D eigenvalue weighted by Crippen LogP contribution is 2.27. The van der Waals surface area contributed by atoms with E-state index in [0.717, 1.165) is 11.3 Å². The van der Waals surface area contributed by atoms with Gasteiger partial charge in [-0.05, 0) is 26.0 Å². The fraction of sp³-hybridized carbons (Fsp3) is 0.286. The standard InChI is InChI=1S/C14H16FN5O/c1-4-21-11-6-5-9(7-10(11)15)20-13-12(17-14(20)16)8(2)18-19(13)3/h5-7H,4H2,1-3H3,(H2,16,17). The molecule has 0 bridgehead atoms. The first-order valence-electron chi connectivity index (χ1n) is 6.63. The molecule has 0 fully saturated rings. The minimum absolute atomic E-state index is 0.220. The molecule has 0 atom stereocenters. The first-order chi connectivity index (χ1) is 10.0. The van der Waals surface area contributed by atoms with Gasteiger partial charge in [-0.15, -0.1) is 0 Å². The van der Waals surface area contributed by atoms with Crippen molar-refractivity contribution in [3.63, 3.8) is 0 Å². The number of rotatable bonds is 3. The second-order valence-corrected chi connectivity index (χ2v) is 4.73. The lowest BCUT2D eigenvalue weighted by Crippen LogP contribution is -2.05. The van der Waals surface area contributed by atoms with Gasteiger partial charge in [0.05, 0.1) is 18.0 Å². The molecule has 3 aromatic rings. The highest BCUT2D eigenvalue weighted by molar-refractivity contribution is 5.80. The summed E-state index contributed by atoms with van der Waals surface area (Å²) in [5.41, 5.74) is 8.78. The average molecular weight is 289 g/mol. The van der Waals surface area contributed by atoms with Crippen LogP contribution in [0.2, 0.25) is 0 Å². The molecule has 0 unspecified atom stereocenters. The minimum Gasteiger partial charge on any atom is -0.491 e. The number of halogens is 1. The van der Waals surface area contributed by atoms with Gasteiger partial charge < -0.3 is 10.5 Å². The Bertz CT molecular complexity index is 820. The molecular formula is C14H16FN5O. The van der Waals surface area contributed by atoms with Crippen LogP contribution in [0.1, 0.15) is 12.6 Å². The average Bonchev–Trinajstić information content (AvgIpc) is 2.90. The monoisotopic (exact) mass is 289 g/mol. The van der Waals surface area contributed by atoms with Gasteiger partial charge in [0.15, 0.2) is 17.2 Å². The molecule has 2 aromatic heterocycles. The zero-order chi connectivity index (χ0) is 15.1. The molecule has 0 radical (unpaired) electrons. The molecular weight excluding hydrogens is 273 g/mol. The van der Waals surface area contributed by atoms with Gasteiger partial charge in [0.2, 0.25) is 5.95 Å². The molecule has 2 N–H and O–H groups in total.